The molecular weight excluding hydrogens is 310 g/mol. The molecule has 0 aromatic heterocycles. The highest BCUT2D eigenvalue weighted by Gasteiger charge is 2.13. The van der Waals surface area contributed by atoms with Gasteiger partial charge < -0.3 is 10.6 Å². The molecule has 0 aliphatic carbocycles. The fourth-order valence-electron chi connectivity index (χ4n) is 1.97. The third-order valence-corrected chi connectivity index (χ3v) is 3.48. The first-order valence-electron chi connectivity index (χ1n) is 6.70. The molecule has 0 bridgehead atoms. The molecule has 0 spiro atoms. The highest BCUT2D eigenvalue weighted by Crippen LogP contribution is 2.20. The monoisotopic (exact) mass is 324 g/mol. The van der Waals surface area contributed by atoms with Gasteiger partial charge in [-0.1, -0.05) is 29.8 Å². The summed E-state index contributed by atoms with van der Waals surface area (Å²) in [5.41, 5.74) is 0.809. The molecule has 2 N–H and O–H groups in total. The zero-order valence-corrected chi connectivity index (χ0v) is 12.6. The van der Waals surface area contributed by atoms with E-state index < -0.39 is 17.7 Å². The number of nitrogens with one attached hydrogen (secondary N) is 2. The highest BCUT2D eigenvalue weighted by atomic mass is 35.5. The minimum Gasteiger partial charge on any atom is -0.324 e. The van der Waals surface area contributed by atoms with E-state index in [0.717, 1.165) is 6.07 Å². The zero-order chi connectivity index (χ0) is 16.1. The van der Waals surface area contributed by atoms with Gasteiger partial charge in [0.2, 0.25) is 5.91 Å². The minimum absolute atomic E-state index is 0.0246. The van der Waals surface area contributed by atoms with Crippen molar-refractivity contribution in [3.05, 3.63) is 64.7 Å². The number of carbonyl (C=O) groups is 1. The van der Waals surface area contributed by atoms with E-state index in [4.69, 9.17) is 11.6 Å². The number of halogens is 3. The molecule has 2 rings (SSSR count). The largest absolute Gasteiger partial charge is 0.324 e. The van der Waals surface area contributed by atoms with Crippen LogP contribution < -0.4 is 10.6 Å². The molecule has 1 atom stereocenters. The Balaban J connectivity index is 1.92. The van der Waals surface area contributed by atoms with Crippen LogP contribution >= 0.6 is 11.6 Å². The van der Waals surface area contributed by atoms with Crippen LogP contribution in [0.4, 0.5) is 14.5 Å². The van der Waals surface area contributed by atoms with Crippen molar-refractivity contribution in [1.29, 1.82) is 0 Å². The van der Waals surface area contributed by atoms with Gasteiger partial charge in [0.25, 0.3) is 0 Å². The Bertz CT molecular complexity index is 679. The molecule has 3 nitrogen and oxygen atoms in total. The van der Waals surface area contributed by atoms with E-state index in [9.17, 15) is 13.6 Å². The van der Waals surface area contributed by atoms with Crippen molar-refractivity contribution < 1.29 is 13.6 Å². The second kappa shape index (κ2) is 7.33. The zero-order valence-electron chi connectivity index (χ0n) is 11.9. The number of para-hydroxylation sites is 1. The fourth-order valence-corrected chi connectivity index (χ4v) is 2.15. The lowest BCUT2D eigenvalue weighted by Crippen LogP contribution is -2.30. The summed E-state index contributed by atoms with van der Waals surface area (Å²) in [6, 6.07) is 9.79. The van der Waals surface area contributed by atoms with Crippen LogP contribution in [-0.2, 0) is 4.79 Å². The van der Waals surface area contributed by atoms with Crippen molar-refractivity contribution in [3.63, 3.8) is 0 Å². The molecule has 1 amide bonds. The summed E-state index contributed by atoms with van der Waals surface area (Å²) in [6.07, 6.45) is 0. The lowest BCUT2D eigenvalue weighted by molar-refractivity contribution is -0.115. The van der Waals surface area contributed by atoms with Gasteiger partial charge in [0.15, 0.2) is 0 Å². The molecule has 0 saturated heterocycles. The molecule has 0 heterocycles. The van der Waals surface area contributed by atoms with Gasteiger partial charge in [-0.3, -0.25) is 4.79 Å². The van der Waals surface area contributed by atoms with Gasteiger partial charge in [0.1, 0.15) is 11.6 Å². The number of benzene rings is 2. The lowest BCUT2D eigenvalue weighted by Gasteiger charge is -2.15. The third kappa shape index (κ3) is 4.26. The van der Waals surface area contributed by atoms with Gasteiger partial charge in [-0.15, -0.1) is 0 Å². The SMILES string of the molecule is C[C@@H](NCC(=O)Nc1ccccc1Cl)c1ccc(F)cc1F. The molecule has 0 fully saturated rings. The Hall–Kier alpha value is -1.98. The van der Waals surface area contributed by atoms with Crippen LogP contribution in [0.5, 0.6) is 0 Å². The number of amides is 1. The first kappa shape index (κ1) is 16.4. The van der Waals surface area contributed by atoms with Crippen molar-refractivity contribution in [2.45, 2.75) is 13.0 Å². The standard InChI is InChI=1S/C16H15ClF2N2O/c1-10(12-7-6-11(18)8-14(12)19)20-9-16(22)21-15-5-3-2-4-13(15)17/h2-8,10,20H,9H2,1H3,(H,21,22)/t10-/m1/s1. The van der Waals surface area contributed by atoms with E-state index in [1.165, 1.54) is 12.1 Å². The van der Waals surface area contributed by atoms with Crippen LogP contribution in [0.1, 0.15) is 18.5 Å². The number of anilines is 1. The predicted octanol–water partition coefficient (Wildman–Crippen LogP) is 3.91. The van der Waals surface area contributed by atoms with Gasteiger partial charge in [-0.05, 0) is 25.1 Å². The molecular formula is C16H15ClF2N2O. The van der Waals surface area contributed by atoms with Crippen LogP contribution in [-0.4, -0.2) is 12.5 Å². The summed E-state index contributed by atoms with van der Waals surface area (Å²) in [5.74, 6) is -1.58. The van der Waals surface area contributed by atoms with E-state index in [2.05, 4.69) is 10.6 Å². The molecule has 0 aliphatic rings. The number of hydrogen-bond acceptors (Lipinski definition) is 2. The molecule has 0 unspecified atom stereocenters. The van der Waals surface area contributed by atoms with E-state index in [1.54, 1.807) is 31.2 Å². The fraction of sp³-hybridized carbons (Fsp3) is 0.188. The van der Waals surface area contributed by atoms with Crippen LogP contribution in [0.2, 0.25) is 5.02 Å². The molecule has 0 radical (unpaired) electrons. The smallest absolute Gasteiger partial charge is 0.238 e. The van der Waals surface area contributed by atoms with Gasteiger partial charge >= 0.3 is 0 Å². The van der Waals surface area contributed by atoms with Crippen molar-refractivity contribution in [2.75, 3.05) is 11.9 Å². The van der Waals surface area contributed by atoms with Crippen molar-refractivity contribution in [2.24, 2.45) is 0 Å². The van der Waals surface area contributed by atoms with E-state index in [0.29, 0.717) is 16.3 Å². The molecule has 0 saturated carbocycles. The predicted molar refractivity (Wildman–Crippen MR) is 82.9 cm³/mol. The number of carbonyl (C=O) groups excluding carboxylic acids is 1. The molecule has 0 aliphatic heterocycles. The van der Waals surface area contributed by atoms with Crippen LogP contribution in [0.3, 0.4) is 0 Å². The maximum atomic E-state index is 13.6. The van der Waals surface area contributed by atoms with E-state index in [-0.39, 0.29) is 12.5 Å². The van der Waals surface area contributed by atoms with Gasteiger partial charge in [-0.25, -0.2) is 8.78 Å². The average Bonchev–Trinajstić information content (AvgIpc) is 2.47. The summed E-state index contributed by atoms with van der Waals surface area (Å²) in [4.78, 5) is 11.9. The van der Waals surface area contributed by atoms with Gasteiger partial charge in [0, 0.05) is 17.7 Å². The number of rotatable bonds is 5. The van der Waals surface area contributed by atoms with Gasteiger partial charge in [-0.2, -0.15) is 0 Å². The molecule has 116 valence electrons. The minimum atomic E-state index is -0.647. The normalized spacial score (nSPS) is 12.0. The summed E-state index contributed by atoms with van der Waals surface area (Å²) in [7, 11) is 0. The Morgan fingerprint density at radius 3 is 2.64 bits per heavy atom. The maximum Gasteiger partial charge on any atom is 0.238 e. The highest BCUT2D eigenvalue weighted by molar-refractivity contribution is 6.33. The average molecular weight is 325 g/mol. The summed E-state index contributed by atoms with van der Waals surface area (Å²) in [5, 5.41) is 5.97. The summed E-state index contributed by atoms with van der Waals surface area (Å²) < 4.78 is 26.5. The maximum absolute atomic E-state index is 13.6. The molecule has 22 heavy (non-hydrogen) atoms. The topological polar surface area (TPSA) is 41.1 Å². The van der Waals surface area contributed by atoms with Gasteiger partial charge in [0.05, 0.1) is 17.3 Å². The first-order chi connectivity index (χ1) is 10.5. The Morgan fingerprint density at radius 2 is 1.95 bits per heavy atom. The molecule has 6 heteroatoms. The lowest BCUT2D eigenvalue weighted by atomic mass is 10.1. The second-order valence-electron chi connectivity index (χ2n) is 4.80. The van der Waals surface area contributed by atoms with E-state index in [1.807, 2.05) is 0 Å². The van der Waals surface area contributed by atoms with E-state index >= 15 is 0 Å². The second-order valence-corrected chi connectivity index (χ2v) is 5.20. The Labute approximate surface area is 132 Å². The van der Waals surface area contributed by atoms with Crippen LogP contribution in [0, 0.1) is 11.6 Å². The van der Waals surface area contributed by atoms with Crippen molar-refractivity contribution >= 4 is 23.2 Å². The first-order valence-corrected chi connectivity index (χ1v) is 7.08. The third-order valence-electron chi connectivity index (χ3n) is 3.15. The Morgan fingerprint density at radius 1 is 1.23 bits per heavy atom. The molecule has 2 aromatic carbocycles. The van der Waals surface area contributed by atoms with Crippen molar-refractivity contribution in [1.82, 2.24) is 5.32 Å². The van der Waals surface area contributed by atoms with Crippen LogP contribution in [0.25, 0.3) is 0 Å². The Kier molecular flexibility index (Phi) is 5.46. The molecule has 2 aromatic rings. The summed E-state index contributed by atoms with van der Waals surface area (Å²) >= 11 is 5.94. The summed E-state index contributed by atoms with van der Waals surface area (Å²) in [6.45, 7) is 1.67. The quantitative estimate of drug-likeness (QED) is 0.875. The van der Waals surface area contributed by atoms with Crippen LogP contribution in [0.15, 0.2) is 42.5 Å². The number of hydrogen-bond donors (Lipinski definition) is 2. The van der Waals surface area contributed by atoms with Crippen molar-refractivity contribution in [3.8, 4) is 0 Å².